The summed E-state index contributed by atoms with van der Waals surface area (Å²) in [5, 5.41) is 1.13. The van der Waals surface area contributed by atoms with Crippen LogP contribution in [0.15, 0.2) is 54.7 Å². The lowest BCUT2D eigenvalue weighted by atomic mass is 9.92. The molecule has 1 unspecified atom stereocenters. The van der Waals surface area contributed by atoms with Crippen LogP contribution in [0.4, 0.5) is 0 Å². The van der Waals surface area contributed by atoms with Gasteiger partial charge in [0.1, 0.15) is 0 Å². The highest BCUT2D eigenvalue weighted by Crippen LogP contribution is 2.28. The Hall–Kier alpha value is -2.19. The predicted octanol–water partition coefficient (Wildman–Crippen LogP) is 3.90. The third-order valence-corrected chi connectivity index (χ3v) is 3.78. The zero-order valence-electron chi connectivity index (χ0n) is 11.8. The Balaban J connectivity index is 2.17. The van der Waals surface area contributed by atoms with Gasteiger partial charge in [-0.05, 0) is 42.7 Å². The van der Waals surface area contributed by atoms with E-state index in [0.717, 1.165) is 16.5 Å². The average Bonchev–Trinajstić information content (AvgIpc) is 2.48. The molecule has 0 amide bonds. The summed E-state index contributed by atoms with van der Waals surface area (Å²) in [4.78, 5) is 4.40. The normalized spacial score (nSPS) is 12.6. The fraction of sp³-hybridized carbons (Fsp3) is 0.167. The van der Waals surface area contributed by atoms with Gasteiger partial charge in [0, 0.05) is 11.6 Å². The lowest BCUT2D eigenvalue weighted by molar-refractivity contribution is 0.868. The van der Waals surface area contributed by atoms with Crippen molar-refractivity contribution in [3.63, 3.8) is 0 Å². The van der Waals surface area contributed by atoms with Crippen LogP contribution in [0.1, 0.15) is 28.3 Å². The molecule has 1 atom stereocenters. The number of nitrogens with two attached hydrogens (primary N) is 1. The van der Waals surface area contributed by atoms with Crippen molar-refractivity contribution in [2.24, 2.45) is 5.73 Å². The quantitative estimate of drug-likeness (QED) is 0.760. The van der Waals surface area contributed by atoms with Gasteiger partial charge < -0.3 is 5.73 Å². The number of nitrogens with zero attached hydrogens (tertiary/aromatic N) is 1. The average molecular weight is 262 g/mol. The van der Waals surface area contributed by atoms with Crippen molar-refractivity contribution in [1.82, 2.24) is 4.98 Å². The summed E-state index contributed by atoms with van der Waals surface area (Å²) >= 11 is 0. The number of aromatic nitrogens is 1. The number of rotatable bonds is 2. The third-order valence-electron chi connectivity index (χ3n) is 3.78. The molecule has 2 nitrogen and oxygen atoms in total. The van der Waals surface area contributed by atoms with E-state index >= 15 is 0 Å². The van der Waals surface area contributed by atoms with E-state index in [9.17, 15) is 0 Å². The fourth-order valence-electron chi connectivity index (χ4n) is 2.66. The molecule has 20 heavy (non-hydrogen) atoms. The second-order valence-electron chi connectivity index (χ2n) is 5.26. The molecule has 0 aliphatic carbocycles. The van der Waals surface area contributed by atoms with E-state index in [2.05, 4.69) is 49.2 Å². The molecule has 100 valence electrons. The van der Waals surface area contributed by atoms with Crippen LogP contribution < -0.4 is 5.73 Å². The zero-order valence-corrected chi connectivity index (χ0v) is 11.8. The van der Waals surface area contributed by atoms with E-state index in [1.54, 1.807) is 0 Å². The third kappa shape index (κ3) is 2.19. The Morgan fingerprint density at radius 3 is 2.65 bits per heavy atom. The molecule has 1 aromatic heterocycles. The second kappa shape index (κ2) is 5.06. The molecule has 0 radical (unpaired) electrons. The Labute approximate surface area is 119 Å². The smallest absolute Gasteiger partial charge is 0.0705 e. The van der Waals surface area contributed by atoms with Crippen LogP contribution in [-0.4, -0.2) is 4.98 Å². The van der Waals surface area contributed by atoms with Gasteiger partial charge in [0.15, 0.2) is 0 Å². The maximum atomic E-state index is 6.52. The predicted molar refractivity (Wildman–Crippen MR) is 83.7 cm³/mol. The van der Waals surface area contributed by atoms with Crippen LogP contribution in [0, 0.1) is 13.8 Å². The zero-order chi connectivity index (χ0) is 14.1. The number of hydrogen-bond acceptors (Lipinski definition) is 2. The molecule has 3 aromatic rings. The van der Waals surface area contributed by atoms with Crippen LogP contribution in [-0.2, 0) is 0 Å². The van der Waals surface area contributed by atoms with Gasteiger partial charge in [0.2, 0.25) is 0 Å². The molecule has 2 N–H and O–H groups in total. The SMILES string of the molecule is Cc1ccc(C)c(C(N)c2cccc3ncccc23)c1. The van der Waals surface area contributed by atoms with Crippen molar-refractivity contribution >= 4 is 10.9 Å². The fourth-order valence-corrected chi connectivity index (χ4v) is 2.66. The van der Waals surface area contributed by atoms with Gasteiger partial charge in [-0.25, -0.2) is 0 Å². The standard InChI is InChI=1S/C18H18N2/c1-12-8-9-13(2)16(11-12)18(19)15-5-3-7-17-14(15)6-4-10-20-17/h3-11,18H,19H2,1-2H3. The molecule has 0 saturated carbocycles. The number of hydrogen-bond donors (Lipinski definition) is 1. The Bertz CT molecular complexity index is 757. The Morgan fingerprint density at radius 1 is 0.950 bits per heavy atom. The van der Waals surface area contributed by atoms with Gasteiger partial charge in [0.25, 0.3) is 0 Å². The molecule has 0 aliphatic heterocycles. The summed E-state index contributed by atoms with van der Waals surface area (Å²) in [6.45, 7) is 4.21. The summed E-state index contributed by atoms with van der Waals surface area (Å²) in [5.41, 5.74) is 12.3. The van der Waals surface area contributed by atoms with Crippen molar-refractivity contribution < 1.29 is 0 Å². The van der Waals surface area contributed by atoms with Crippen molar-refractivity contribution in [2.45, 2.75) is 19.9 Å². The van der Waals surface area contributed by atoms with Crippen molar-refractivity contribution in [3.05, 3.63) is 77.0 Å². The summed E-state index contributed by atoms with van der Waals surface area (Å²) in [7, 11) is 0. The monoisotopic (exact) mass is 262 g/mol. The Kier molecular flexibility index (Phi) is 3.25. The van der Waals surface area contributed by atoms with Gasteiger partial charge in [0.05, 0.1) is 11.6 Å². The minimum absolute atomic E-state index is 0.122. The summed E-state index contributed by atoms with van der Waals surface area (Å²) in [5.74, 6) is 0. The van der Waals surface area contributed by atoms with Gasteiger partial charge in [-0.3, -0.25) is 4.98 Å². The van der Waals surface area contributed by atoms with Crippen molar-refractivity contribution in [1.29, 1.82) is 0 Å². The molecular weight excluding hydrogens is 244 g/mol. The highest BCUT2D eigenvalue weighted by atomic mass is 14.7. The minimum Gasteiger partial charge on any atom is -0.320 e. The van der Waals surface area contributed by atoms with E-state index in [1.807, 2.05) is 24.4 Å². The molecule has 1 heterocycles. The molecule has 0 saturated heterocycles. The van der Waals surface area contributed by atoms with Crippen LogP contribution in [0.3, 0.4) is 0 Å². The van der Waals surface area contributed by atoms with Crippen LogP contribution in [0.2, 0.25) is 0 Å². The largest absolute Gasteiger partial charge is 0.320 e. The van der Waals surface area contributed by atoms with Gasteiger partial charge in [-0.2, -0.15) is 0 Å². The molecule has 2 heteroatoms. The van der Waals surface area contributed by atoms with Crippen LogP contribution >= 0.6 is 0 Å². The first kappa shape index (κ1) is 12.8. The topological polar surface area (TPSA) is 38.9 Å². The van der Waals surface area contributed by atoms with E-state index in [-0.39, 0.29) is 6.04 Å². The molecular formula is C18H18N2. The number of aryl methyl sites for hydroxylation is 2. The number of pyridine rings is 1. The number of benzene rings is 2. The maximum Gasteiger partial charge on any atom is 0.0705 e. The first-order valence-corrected chi connectivity index (χ1v) is 6.83. The van der Waals surface area contributed by atoms with E-state index in [1.165, 1.54) is 16.7 Å². The Morgan fingerprint density at radius 2 is 1.80 bits per heavy atom. The molecule has 2 aromatic carbocycles. The van der Waals surface area contributed by atoms with Gasteiger partial charge in [-0.15, -0.1) is 0 Å². The van der Waals surface area contributed by atoms with Crippen LogP contribution in [0.25, 0.3) is 10.9 Å². The van der Waals surface area contributed by atoms with Crippen molar-refractivity contribution in [2.75, 3.05) is 0 Å². The number of fused-ring (bicyclic) bond motifs is 1. The second-order valence-corrected chi connectivity index (χ2v) is 5.26. The lowest BCUT2D eigenvalue weighted by Gasteiger charge is -2.17. The van der Waals surface area contributed by atoms with E-state index in [0.29, 0.717) is 0 Å². The van der Waals surface area contributed by atoms with Gasteiger partial charge >= 0.3 is 0 Å². The first-order valence-electron chi connectivity index (χ1n) is 6.83. The lowest BCUT2D eigenvalue weighted by Crippen LogP contribution is -2.14. The maximum absolute atomic E-state index is 6.52. The van der Waals surface area contributed by atoms with Gasteiger partial charge in [-0.1, -0.05) is 42.0 Å². The van der Waals surface area contributed by atoms with E-state index in [4.69, 9.17) is 5.73 Å². The molecule has 0 aliphatic rings. The molecule has 0 spiro atoms. The minimum atomic E-state index is -0.122. The summed E-state index contributed by atoms with van der Waals surface area (Å²) in [6.07, 6.45) is 1.82. The molecule has 3 rings (SSSR count). The highest BCUT2D eigenvalue weighted by molar-refractivity contribution is 5.83. The summed E-state index contributed by atoms with van der Waals surface area (Å²) < 4.78 is 0. The van der Waals surface area contributed by atoms with Crippen LogP contribution in [0.5, 0.6) is 0 Å². The first-order chi connectivity index (χ1) is 9.66. The van der Waals surface area contributed by atoms with E-state index < -0.39 is 0 Å². The molecule has 0 bridgehead atoms. The van der Waals surface area contributed by atoms with Crippen molar-refractivity contribution in [3.8, 4) is 0 Å². The summed E-state index contributed by atoms with van der Waals surface area (Å²) in [6, 6.07) is 16.5. The molecule has 0 fully saturated rings. The highest BCUT2D eigenvalue weighted by Gasteiger charge is 2.14.